The van der Waals surface area contributed by atoms with Crippen LogP contribution in [0.3, 0.4) is 0 Å². The van der Waals surface area contributed by atoms with E-state index < -0.39 is 20.0 Å². The monoisotopic (exact) mass is 1150 g/mol. The van der Waals surface area contributed by atoms with E-state index in [1.165, 1.54) is 167 Å². The molecule has 0 saturated carbocycles. The lowest BCUT2D eigenvalue weighted by Gasteiger charge is -2.30. The SMILES string of the molecule is CC/C=C\C/C=C\C/C=C\C/C=C\C/C=C\C/C=C\C/C=C\C/C=C\C/C=C\CCCCCCCCCCCCCCCC(=O)NC(COP(=O)([O-])OCC[N+](C)(C)C)C(O)CCCCCCCCCCCCCCCCCCCC. The quantitative estimate of drug-likeness (QED) is 0.0272. The Labute approximate surface area is 501 Å². The summed E-state index contributed by atoms with van der Waals surface area (Å²) in [6, 6.07) is -0.807. The van der Waals surface area contributed by atoms with E-state index in [0.717, 1.165) is 96.3 Å². The third-order valence-corrected chi connectivity index (χ3v) is 15.7. The van der Waals surface area contributed by atoms with Crippen LogP contribution in [-0.4, -0.2) is 68.5 Å². The molecule has 0 fully saturated rings. The molecule has 1 amide bonds. The van der Waals surface area contributed by atoms with E-state index in [2.05, 4.69) is 129 Å². The number of nitrogens with one attached hydrogen (secondary N) is 1. The summed E-state index contributed by atoms with van der Waals surface area (Å²) in [7, 11) is 1.30. The first-order valence-corrected chi connectivity index (χ1v) is 35.2. The molecule has 81 heavy (non-hydrogen) atoms. The van der Waals surface area contributed by atoms with E-state index in [9.17, 15) is 19.4 Å². The first kappa shape index (κ1) is 78.2. The molecule has 0 heterocycles. The molecule has 3 atom stereocenters. The molecule has 0 aliphatic heterocycles. The Bertz CT molecular complexity index is 1690. The molecule has 9 heteroatoms. The number of likely N-dealkylation sites (N-methyl/N-ethyl adjacent to an activating group) is 1. The zero-order chi connectivity index (χ0) is 59.1. The molecule has 0 aromatic rings. The van der Waals surface area contributed by atoms with Gasteiger partial charge in [0.15, 0.2) is 0 Å². The summed E-state index contributed by atoms with van der Waals surface area (Å²) in [5, 5.41) is 14.1. The van der Waals surface area contributed by atoms with Crippen molar-refractivity contribution in [3.05, 3.63) is 109 Å². The summed E-state index contributed by atoms with van der Waals surface area (Å²) in [5.74, 6) is -0.167. The Balaban J connectivity index is 4.03. The number of carbonyl (C=O) groups excluding carboxylic acids is 1. The lowest BCUT2D eigenvalue weighted by Crippen LogP contribution is -2.46. The Morgan fingerprint density at radius 2 is 0.753 bits per heavy atom. The van der Waals surface area contributed by atoms with Crippen molar-refractivity contribution < 1.29 is 32.9 Å². The Hall–Kier alpha value is -2.84. The van der Waals surface area contributed by atoms with Crippen molar-refractivity contribution in [3.63, 3.8) is 0 Å². The van der Waals surface area contributed by atoms with Gasteiger partial charge in [-0.25, -0.2) is 0 Å². The molecule has 0 saturated heterocycles. The highest BCUT2D eigenvalue weighted by Gasteiger charge is 2.24. The van der Waals surface area contributed by atoms with Crippen molar-refractivity contribution in [1.82, 2.24) is 5.32 Å². The van der Waals surface area contributed by atoms with Gasteiger partial charge in [0, 0.05) is 6.42 Å². The molecule has 0 aromatic heterocycles. The van der Waals surface area contributed by atoms with E-state index in [1.54, 1.807) is 0 Å². The van der Waals surface area contributed by atoms with Crippen LogP contribution in [0, 0.1) is 0 Å². The van der Waals surface area contributed by atoms with Gasteiger partial charge < -0.3 is 28.8 Å². The maximum Gasteiger partial charge on any atom is 0.268 e. The van der Waals surface area contributed by atoms with Gasteiger partial charge in [-0.2, -0.15) is 0 Å². The van der Waals surface area contributed by atoms with Crippen LogP contribution in [0.1, 0.15) is 290 Å². The van der Waals surface area contributed by atoms with E-state index in [-0.39, 0.29) is 19.1 Å². The second-order valence-electron chi connectivity index (χ2n) is 23.8. The number of aliphatic hydroxyl groups excluding tert-OH is 1. The van der Waals surface area contributed by atoms with Crippen LogP contribution < -0.4 is 10.2 Å². The minimum absolute atomic E-state index is 0.00902. The number of aliphatic hydroxyl groups is 1. The minimum Gasteiger partial charge on any atom is -0.756 e. The molecule has 0 aromatic carbocycles. The summed E-state index contributed by atoms with van der Waals surface area (Å²) in [6.45, 7) is 4.62. The lowest BCUT2D eigenvalue weighted by molar-refractivity contribution is -0.870. The van der Waals surface area contributed by atoms with Gasteiger partial charge in [0.1, 0.15) is 13.2 Å². The Kier molecular flexibility index (Phi) is 59.5. The van der Waals surface area contributed by atoms with Gasteiger partial charge in [0.25, 0.3) is 7.82 Å². The van der Waals surface area contributed by atoms with Gasteiger partial charge >= 0.3 is 0 Å². The molecule has 0 spiro atoms. The number of allylic oxidation sites excluding steroid dienone is 18. The first-order chi connectivity index (χ1) is 39.5. The number of phosphoric ester groups is 1. The van der Waals surface area contributed by atoms with Crippen LogP contribution in [0.5, 0.6) is 0 Å². The fraction of sp³-hybridized carbons (Fsp3) is 0.736. The summed E-state index contributed by atoms with van der Waals surface area (Å²) >= 11 is 0. The van der Waals surface area contributed by atoms with Gasteiger partial charge in [0.2, 0.25) is 5.91 Å². The second kappa shape index (κ2) is 61.7. The largest absolute Gasteiger partial charge is 0.756 e. The van der Waals surface area contributed by atoms with Crippen molar-refractivity contribution in [3.8, 4) is 0 Å². The predicted molar refractivity (Wildman–Crippen MR) is 352 cm³/mol. The Morgan fingerprint density at radius 3 is 1.10 bits per heavy atom. The summed E-state index contributed by atoms with van der Waals surface area (Å²) < 4.78 is 23.5. The molecule has 3 unspecified atom stereocenters. The highest BCUT2D eigenvalue weighted by atomic mass is 31.2. The molecule has 0 radical (unpaired) electrons. The van der Waals surface area contributed by atoms with Gasteiger partial charge in [-0.05, 0) is 83.5 Å². The zero-order valence-electron chi connectivity index (χ0n) is 53.5. The van der Waals surface area contributed by atoms with Crippen molar-refractivity contribution >= 4 is 13.7 Å². The van der Waals surface area contributed by atoms with Gasteiger partial charge in [-0.1, -0.05) is 309 Å². The van der Waals surface area contributed by atoms with Crippen molar-refractivity contribution in [2.24, 2.45) is 0 Å². The number of quaternary nitrogens is 1. The zero-order valence-corrected chi connectivity index (χ0v) is 54.4. The number of hydrogen-bond acceptors (Lipinski definition) is 6. The lowest BCUT2D eigenvalue weighted by atomic mass is 10.0. The second-order valence-corrected chi connectivity index (χ2v) is 25.2. The van der Waals surface area contributed by atoms with Crippen LogP contribution in [0.15, 0.2) is 109 Å². The number of unbranched alkanes of at least 4 members (excludes halogenated alkanes) is 30. The number of rotatable bonds is 61. The molecule has 0 rings (SSSR count). The van der Waals surface area contributed by atoms with Crippen LogP contribution in [0.4, 0.5) is 0 Å². The Morgan fingerprint density at radius 1 is 0.444 bits per heavy atom. The predicted octanol–water partition coefficient (Wildman–Crippen LogP) is 20.9. The maximum atomic E-state index is 13.0. The highest BCUT2D eigenvalue weighted by molar-refractivity contribution is 7.45. The average molecular weight is 1150 g/mol. The topological polar surface area (TPSA) is 108 Å². The standard InChI is InChI=1S/C72H129N2O6P/c1-6-8-10-12-14-16-18-20-22-24-26-27-28-29-30-31-32-33-34-35-36-37-38-39-40-41-42-43-44-45-46-47-48-50-52-54-56-58-60-62-64-66-72(76)73-70(69-80-81(77,78)79-68-67-74(3,4)5)71(75)65-63-61-59-57-55-53-51-49-25-23-21-19-17-15-13-11-9-7-2/h8,10,14,16,20,22,26-27,29-30,32-33,35-36,38-39,41-42,70-71,75H,6-7,9,11-13,15,17-19,21,23-25,28,31,34,37,40,43-69H2,1-5H3,(H-,73,76,77,78)/b10-8-,16-14-,22-20-,27-26-,30-29-,33-32-,36-35-,39-38-,42-41-. The fourth-order valence-corrected chi connectivity index (χ4v) is 10.3. The van der Waals surface area contributed by atoms with E-state index in [0.29, 0.717) is 23.9 Å². The van der Waals surface area contributed by atoms with Crippen molar-refractivity contribution in [1.29, 1.82) is 0 Å². The first-order valence-electron chi connectivity index (χ1n) is 33.7. The van der Waals surface area contributed by atoms with Crippen LogP contribution in [0.2, 0.25) is 0 Å². The highest BCUT2D eigenvalue weighted by Crippen LogP contribution is 2.38. The number of nitrogens with zero attached hydrogens (tertiary/aromatic N) is 1. The van der Waals surface area contributed by atoms with Gasteiger partial charge in [0.05, 0.1) is 39.9 Å². The van der Waals surface area contributed by atoms with Crippen molar-refractivity contribution in [2.45, 2.75) is 302 Å². The average Bonchev–Trinajstić information content (AvgIpc) is 3.43. The fourth-order valence-electron chi connectivity index (χ4n) is 9.56. The molecular weight excluding hydrogens is 1020 g/mol. The smallest absolute Gasteiger partial charge is 0.268 e. The van der Waals surface area contributed by atoms with E-state index in [4.69, 9.17) is 9.05 Å². The number of hydrogen-bond donors (Lipinski definition) is 2. The number of carbonyl (C=O) groups is 1. The maximum absolute atomic E-state index is 13.0. The number of amides is 1. The van der Waals surface area contributed by atoms with Gasteiger partial charge in [-0.15, -0.1) is 0 Å². The minimum atomic E-state index is -4.58. The van der Waals surface area contributed by atoms with Crippen LogP contribution in [-0.2, 0) is 18.4 Å². The van der Waals surface area contributed by atoms with Gasteiger partial charge in [-0.3, -0.25) is 9.36 Å². The third-order valence-electron chi connectivity index (χ3n) is 14.8. The van der Waals surface area contributed by atoms with Crippen molar-refractivity contribution in [2.75, 3.05) is 40.9 Å². The summed E-state index contributed by atoms with van der Waals surface area (Å²) in [4.78, 5) is 25.6. The molecule has 0 aliphatic carbocycles. The van der Waals surface area contributed by atoms with Crippen LogP contribution in [0.25, 0.3) is 0 Å². The molecule has 0 aliphatic rings. The normalized spacial score (nSPS) is 14.4. The molecule has 2 N–H and O–H groups in total. The van der Waals surface area contributed by atoms with E-state index >= 15 is 0 Å². The molecule has 8 nitrogen and oxygen atoms in total. The third kappa shape index (κ3) is 64.6. The summed E-state index contributed by atoms with van der Waals surface area (Å²) in [5.41, 5.74) is 0. The molecular formula is C72H129N2O6P. The summed E-state index contributed by atoms with van der Waals surface area (Å²) in [6.07, 6.45) is 90.0. The number of phosphoric acid groups is 1. The van der Waals surface area contributed by atoms with Crippen LogP contribution >= 0.6 is 7.82 Å². The molecule has 0 bridgehead atoms. The molecule has 468 valence electrons. The van der Waals surface area contributed by atoms with E-state index in [1.807, 2.05) is 21.1 Å².